The van der Waals surface area contributed by atoms with E-state index in [-0.39, 0.29) is 11.5 Å². The number of hydrogen-bond donors (Lipinski definition) is 2. The molecule has 3 saturated carbocycles. The van der Waals surface area contributed by atoms with Gasteiger partial charge in [0.05, 0.1) is 5.56 Å². The minimum absolute atomic E-state index is 0.0688. The van der Waals surface area contributed by atoms with Crippen molar-refractivity contribution in [1.82, 2.24) is 5.32 Å². The third-order valence-corrected chi connectivity index (χ3v) is 5.43. The van der Waals surface area contributed by atoms with Crippen LogP contribution in [0.3, 0.4) is 0 Å². The largest absolute Gasteiger partial charge is 0.478 e. The minimum atomic E-state index is -0.967. The average molecular weight is 271 g/mol. The molecule has 0 spiro atoms. The molecule has 2 N–H and O–H groups in total. The van der Waals surface area contributed by atoms with Crippen LogP contribution < -0.4 is 5.32 Å². The number of amides is 1. The monoisotopic (exact) mass is 271 g/mol. The Hall–Kier alpha value is -1.84. The summed E-state index contributed by atoms with van der Waals surface area (Å²) in [5, 5.41) is 12.0. The van der Waals surface area contributed by atoms with Crippen LogP contribution >= 0.6 is 0 Å². The van der Waals surface area contributed by atoms with Crippen molar-refractivity contribution < 1.29 is 14.7 Å². The highest BCUT2D eigenvalue weighted by Gasteiger charge is 2.65. The summed E-state index contributed by atoms with van der Waals surface area (Å²) in [6.45, 7) is 0. The Labute approximate surface area is 117 Å². The summed E-state index contributed by atoms with van der Waals surface area (Å²) < 4.78 is 0. The highest BCUT2D eigenvalue weighted by molar-refractivity contribution is 5.96. The second-order valence-corrected chi connectivity index (χ2v) is 6.37. The number of rotatable bonds is 3. The Bertz CT molecular complexity index is 564. The summed E-state index contributed by atoms with van der Waals surface area (Å²) in [5.41, 5.74) is 0.759. The van der Waals surface area contributed by atoms with E-state index in [2.05, 4.69) is 5.32 Å². The predicted molar refractivity (Wildman–Crippen MR) is 72.5 cm³/mol. The van der Waals surface area contributed by atoms with E-state index < -0.39 is 5.97 Å². The van der Waals surface area contributed by atoms with E-state index in [1.807, 2.05) is 0 Å². The van der Waals surface area contributed by atoms with Crippen molar-refractivity contribution in [2.75, 3.05) is 0 Å². The van der Waals surface area contributed by atoms with E-state index in [1.54, 1.807) is 12.1 Å². The maximum atomic E-state index is 12.2. The number of aromatic carboxylic acids is 1. The first kappa shape index (κ1) is 11.9. The van der Waals surface area contributed by atoms with Crippen LogP contribution in [0.15, 0.2) is 24.3 Å². The smallest absolute Gasteiger partial charge is 0.335 e. The summed E-state index contributed by atoms with van der Waals surface area (Å²) in [4.78, 5) is 23.0. The lowest BCUT2D eigenvalue weighted by Gasteiger charge is -2.10. The number of nitrogens with one attached hydrogen (secondary N) is 1. The van der Waals surface area contributed by atoms with Crippen molar-refractivity contribution in [3.63, 3.8) is 0 Å². The highest BCUT2D eigenvalue weighted by atomic mass is 16.4. The van der Waals surface area contributed by atoms with E-state index in [9.17, 15) is 9.59 Å². The summed E-state index contributed by atoms with van der Waals surface area (Å²) in [7, 11) is 0. The number of hydrogen-bond acceptors (Lipinski definition) is 2. The fourth-order valence-corrected chi connectivity index (χ4v) is 4.52. The quantitative estimate of drug-likeness (QED) is 0.885. The fraction of sp³-hybridized carbons (Fsp3) is 0.500. The molecule has 20 heavy (non-hydrogen) atoms. The van der Waals surface area contributed by atoms with Gasteiger partial charge in [-0.3, -0.25) is 4.79 Å². The van der Waals surface area contributed by atoms with Gasteiger partial charge in [-0.15, -0.1) is 0 Å². The molecule has 4 heteroatoms. The average Bonchev–Trinajstić information content (AvgIpc) is 2.84. The first-order valence-corrected chi connectivity index (χ1v) is 7.29. The molecule has 2 bridgehead atoms. The molecule has 0 saturated heterocycles. The van der Waals surface area contributed by atoms with Gasteiger partial charge in [0.2, 0.25) is 0 Å². The van der Waals surface area contributed by atoms with Gasteiger partial charge in [-0.1, -0.05) is 0 Å². The maximum absolute atomic E-state index is 12.2. The molecule has 3 aliphatic carbocycles. The van der Waals surface area contributed by atoms with E-state index in [1.165, 1.54) is 31.4 Å². The highest BCUT2D eigenvalue weighted by Crippen LogP contribution is 2.65. The van der Waals surface area contributed by atoms with E-state index in [4.69, 9.17) is 5.11 Å². The van der Waals surface area contributed by atoms with Crippen molar-refractivity contribution in [2.24, 2.45) is 23.7 Å². The van der Waals surface area contributed by atoms with Crippen LogP contribution in [0.5, 0.6) is 0 Å². The van der Waals surface area contributed by atoms with Crippen LogP contribution in [-0.4, -0.2) is 23.0 Å². The maximum Gasteiger partial charge on any atom is 0.335 e. The fourth-order valence-electron chi connectivity index (χ4n) is 4.52. The normalized spacial score (nSPS) is 36.5. The summed E-state index contributed by atoms with van der Waals surface area (Å²) >= 11 is 0. The molecule has 4 nitrogen and oxygen atoms in total. The number of carbonyl (C=O) groups excluding carboxylic acids is 1. The van der Waals surface area contributed by atoms with Gasteiger partial charge in [0.1, 0.15) is 0 Å². The first-order chi connectivity index (χ1) is 9.65. The van der Waals surface area contributed by atoms with E-state index in [0.717, 1.165) is 23.7 Å². The molecular weight excluding hydrogens is 254 g/mol. The first-order valence-electron chi connectivity index (χ1n) is 7.29. The summed E-state index contributed by atoms with van der Waals surface area (Å²) in [6, 6.07) is 6.51. The van der Waals surface area contributed by atoms with Crippen molar-refractivity contribution in [1.29, 1.82) is 0 Å². The Morgan fingerprint density at radius 2 is 1.55 bits per heavy atom. The summed E-state index contributed by atoms with van der Waals surface area (Å²) in [5.74, 6) is 2.08. The zero-order valence-corrected chi connectivity index (χ0v) is 11.1. The molecule has 1 aromatic rings. The van der Waals surface area contributed by atoms with Crippen LogP contribution in [0.4, 0.5) is 0 Å². The number of carboxylic acid groups (broad SMARTS) is 1. The molecule has 3 fully saturated rings. The van der Waals surface area contributed by atoms with Crippen molar-refractivity contribution >= 4 is 11.9 Å². The molecule has 1 amide bonds. The Kier molecular flexibility index (Phi) is 2.43. The molecule has 4 unspecified atom stereocenters. The van der Waals surface area contributed by atoms with Gasteiger partial charge >= 0.3 is 5.97 Å². The lowest BCUT2D eigenvalue weighted by molar-refractivity contribution is 0.0696. The van der Waals surface area contributed by atoms with Gasteiger partial charge in [-0.25, -0.2) is 4.79 Å². The van der Waals surface area contributed by atoms with Crippen LogP contribution in [0.1, 0.15) is 40.0 Å². The molecule has 4 rings (SSSR count). The molecule has 0 aromatic heterocycles. The van der Waals surface area contributed by atoms with Gasteiger partial charge in [0.15, 0.2) is 0 Å². The second-order valence-electron chi connectivity index (χ2n) is 6.37. The van der Waals surface area contributed by atoms with Crippen LogP contribution in [0, 0.1) is 23.7 Å². The lowest BCUT2D eigenvalue weighted by Crippen LogP contribution is -2.29. The zero-order valence-electron chi connectivity index (χ0n) is 11.1. The Balaban J connectivity index is 1.43. The van der Waals surface area contributed by atoms with E-state index >= 15 is 0 Å². The second kappa shape index (κ2) is 4.08. The number of carbonyl (C=O) groups is 2. The molecule has 0 radical (unpaired) electrons. The number of fused-ring (bicyclic) bond motifs is 5. The molecule has 0 aliphatic heterocycles. The SMILES string of the molecule is O=C(O)c1ccc(C(=O)NC2C3C4CCC(C4)C23)cc1. The lowest BCUT2D eigenvalue weighted by atomic mass is 10.0. The van der Waals surface area contributed by atoms with Gasteiger partial charge < -0.3 is 10.4 Å². The molecule has 1 aromatic carbocycles. The van der Waals surface area contributed by atoms with Crippen molar-refractivity contribution in [3.05, 3.63) is 35.4 Å². The van der Waals surface area contributed by atoms with Crippen LogP contribution in [-0.2, 0) is 0 Å². The number of benzene rings is 1. The Morgan fingerprint density at radius 1 is 1.00 bits per heavy atom. The van der Waals surface area contributed by atoms with Crippen LogP contribution in [0.2, 0.25) is 0 Å². The standard InChI is InChI=1S/C16H17NO3/c18-15(8-1-3-9(4-2-8)16(19)20)17-14-12-10-5-6-11(7-10)13(12)14/h1-4,10-14H,5-7H2,(H,17,18)(H,19,20). The molecule has 104 valence electrons. The van der Waals surface area contributed by atoms with E-state index in [0.29, 0.717) is 11.6 Å². The predicted octanol–water partition coefficient (Wildman–Crippen LogP) is 2.16. The van der Waals surface area contributed by atoms with Gasteiger partial charge in [-0.05, 0) is 67.2 Å². The van der Waals surface area contributed by atoms with Gasteiger partial charge in [-0.2, -0.15) is 0 Å². The topological polar surface area (TPSA) is 66.4 Å². The third kappa shape index (κ3) is 1.67. The van der Waals surface area contributed by atoms with Gasteiger partial charge in [0, 0.05) is 11.6 Å². The summed E-state index contributed by atoms with van der Waals surface area (Å²) in [6.07, 6.45) is 4.05. The minimum Gasteiger partial charge on any atom is -0.478 e. The molecular formula is C16H17NO3. The Morgan fingerprint density at radius 3 is 2.10 bits per heavy atom. The zero-order chi connectivity index (χ0) is 13.9. The van der Waals surface area contributed by atoms with Crippen molar-refractivity contribution in [3.8, 4) is 0 Å². The van der Waals surface area contributed by atoms with Gasteiger partial charge in [0.25, 0.3) is 5.91 Å². The third-order valence-electron chi connectivity index (χ3n) is 5.43. The molecule has 0 heterocycles. The van der Waals surface area contributed by atoms with Crippen LogP contribution in [0.25, 0.3) is 0 Å². The molecule has 3 aliphatic rings. The van der Waals surface area contributed by atoms with Crippen molar-refractivity contribution in [2.45, 2.75) is 25.3 Å². The number of carboxylic acids is 1. The molecule has 4 atom stereocenters.